The summed E-state index contributed by atoms with van der Waals surface area (Å²) in [7, 11) is 0. The maximum absolute atomic E-state index is 12.1. The Balaban J connectivity index is 2.42. The fourth-order valence-corrected chi connectivity index (χ4v) is 2.23. The molecule has 21 heavy (non-hydrogen) atoms. The first-order valence-corrected chi connectivity index (χ1v) is 6.67. The minimum atomic E-state index is -1.30. The third-order valence-corrected chi connectivity index (χ3v) is 3.38. The number of carbonyl (C=O) groups excluding carboxylic acids is 1. The largest absolute Gasteiger partial charge is 0.478 e. The highest BCUT2D eigenvalue weighted by Crippen LogP contribution is 2.32. The Morgan fingerprint density at radius 3 is 2.38 bits per heavy atom. The number of carboxylic acids is 1. The molecule has 2 N–H and O–H groups in total. The zero-order chi connectivity index (χ0) is 15.6. The quantitative estimate of drug-likeness (QED) is 0.824. The number of pyridine rings is 1. The van der Waals surface area contributed by atoms with Crippen LogP contribution in [0.25, 0.3) is 0 Å². The molecule has 5 nitrogen and oxygen atoms in total. The van der Waals surface area contributed by atoms with E-state index in [9.17, 15) is 14.7 Å². The van der Waals surface area contributed by atoms with E-state index < -0.39 is 11.9 Å². The van der Waals surface area contributed by atoms with Crippen LogP contribution in [0.15, 0.2) is 30.5 Å². The van der Waals surface area contributed by atoms with Crippen molar-refractivity contribution in [2.75, 3.05) is 5.32 Å². The molecule has 0 aliphatic heterocycles. The summed E-state index contributed by atoms with van der Waals surface area (Å²) in [6.45, 7) is 0. The van der Waals surface area contributed by atoms with Crippen LogP contribution < -0.4 is 5.32 Å². The molecular formula is C13H7Cl3N2O3. The van der Waals surface area contributed by atoms with E-state index in [-0.39, 0.29) is 32.0 Å². The first-order valence-electron chi connectivity index (χ1n) is 5.54. The molecule has 0 unspecified atom stereocenters. The van der Waals surface area contributed by atoms with E-state index in [1.807, 2.05) is 0 Å². The summed E-state index contributed by atoms with van der Waals surface area (Å²) in [5, 5.41) is 11.8. The van der Waals surface area contributed by atoms with Crippen molar-refractivity contribution in [3.8, 4) is 0 Å². The number of hydrogen-bond acceptors (Lipinski definition) is 3. The number of amides is 1. The van der Waals surface area contributed by atoms with Crippen molar-refractivity contribution in [2.24, 2.45) is 0 Å². The molecule has 0 spiro atoms. The summed E-state index contributed by atoms with van der Waals surface area (Å²) in [4.78, 5) is 27.1. The minimum absolute atomic E-state index is 0.0324. The van der Waals surface area contributed by atoms with Gasteiger partial charge in [0, 0.05) is 11.8 Å². The van der Waals surface area contributed by atoms with Crippen LogP contribution in [0.5, 0.6) is 0 Å². The zero-order valence-corrected chi connectivity index (χ0v) is 12.5. The van der Waals surface area contributed by atoms with Gasteiger partial charge in [-0.3, -0.25) is 4.79 Å². The number of aromatic carboxylic acids is 1. The van der Waals surface area contributed by atoms with Crippen LogP contribution in [0.2, 0.25) is 15.2 Å². The van der Waals surface area contributed by atoms with Crippen molar-refractivity contribution < 1.29 is 14.7 Å². The molecule has 0 aliphatic rings. The van der Waals surface area contributed by atoms with Crippen LogP contribution in [0, 0.1) is 0 Å². The number of carboxylic acid groups (broad SMARTS) is 1. The molecule has 0 radical (unpaired) electrons. The standard InChI is InChI=1S/C13H7Cl3N2O3/c14-7-1-2-8(15)11(10(7)13(20)21)18-12(19)6-3-4-17-9(16)5-6/h1-5H,(H,18,19)(H,20,21). The lowest BCUT2D eigenvalue weighted by atomic mass is 10.1. The second-order valence-electron chi connectivity index (χ2n) is 3.91. The van der Waals surface area contributed by atoms with Crippen molar-refractivity contribution in [1.29, 1.82) is 0 Å². The Kier molecular flexibility index (Phi) is 4.67. The lowest BCUT2D eigenvalue weighted by molar-refractivity contribution is 0.0698. The Labute approximate surface area is 134 Å². The molecule has 0 saturated carbocycles. The number of carbonyl (C=O) groups is 2. The highest BCUT2D eigenvalue weighted by molar-refractivity contribution is 6.39. The van der Waals surface area contributed by atoms with Crippen molar-refractivity contribution in [3.05, 3.63) is 56.8 Å². The van der Waals surface area contributed by atoms with Gasteiger partial charge in [0.2, 0.25) is 0 Å². The fourth-order valence-electron chi connectivity index (χ4n) is 1.61. The SMILES string of the molecule is O=C(Nc1c(Cl)ccc(Cl)c1C(=O)O)c1ccnc(Cl)c1. The van der Waals surface area contributed by atoms with E-state index in [0.717, 1.165) is 0 Å². The molecule has 0 atom stereocenters. The van der Waals surface area contributed by atoms with Gasteiger partial charge in [-0.05, 0) is 24.3 Å². The van der Waals surface area contributed by atoms with Gasteiger partial charge in [0.25, 0.3) is 5.91 Å². The predicted octanol–water partition coefficient (Wildman–Crippen LogP) is 3.99. The van der Waals surface area contributed by atoms with E-state index in [0.29, 0.717) is 0 Å². The van der Waals surface area contributed by atoms with Crippen LogP contribution in [-0.4, -0.2) is 22.0 Å². The molecule has 8 heteroatoms. The molecule has 2 aromatic rings. The molecule has 2 rings (SSSR count). The smallest absolute Gasteiger partial charge is 0.339 e. The van der Waals surface area contributed by atoms with Gasteiger partial charge in [-0.15, -0.1) is 0 Å². The third-order valence-electron chi connectivity index (χ3n) is 2.54. The third kappa shape index (κ3) is 3.44. The molecule has 108 valence electrons. The minimum Gasteiger partial charge on any atom is -0.478 e. The van der Waals surface area contributed by atoms with Gasteiger partial charge in [0.15, 0.2) is 0 Å². The van der Waals surface area contributed by atoms with E-state index in [1.165, 1.54) is 30.5 Å². The van der Waals surface area contributed by atoms with Crippen molar-refractivity contribution in [3.63, 3.8) is 0 Å². The maximum Gasteiger partial charge on any atom is 0.339 e. The number of anilines is 1. The van der Waals surface area contributed by atoms with Crippen LogP contribution in [-0.2, 0) is 0 Å². The lowest BCUT2D eigenvalue weighted by Crippen LogP contribution is -2.15. The average Bonchev–Trinajstić information content (AvgIpc) is 2.42. The van der Waals surface area contributed by atoms with E-state index in [2.05, 4.69) is 10.3 Å². The van der Waals surface area contributed by atoms with Gasteiger partial charge in [0.1, 0.15) is 10.7 Å². The Hall–Kier alpha value is -1.82. The maximum atomic E-state index is 12.1. The monoisotopic (exact) mass is 344 g/mol. The molecule has 1 heterocycles. The fraction of sp³-hybridized carbons (Fsp3) is 0. The van der Waals surface area contributed by atoms with Crippen LogP contribution >= 0.6 is 34.8 Å². The predicted molar refractivity (Wildman–Crippen MR) is 80.6 cm³/mol. The van der Waals surface area contributed by atoms with Gasteiger partial charge >= 0.3 is 5.97 Å². The van der Waals surface area contributed by atoms with Crippen molar-refractivity contribution >= 4 is 52.4 Å². The summed E-state index contributed by atoms with van der Waals surface area (Å²) < 4.78 is 0. The molecule has 0 saturated heterocycles. The summed E-state index contributed by atoms with van der Waals surface area (Å²) in [5.41, 5.74) is -0.144. The average molecular weight is 346 g/mol. The van der Waals surface area contributed by atoms with Gasteiger partial charge in [-0.2, -0.15) is 0 Å². The van der Waals surface area contributed by atoms with Crippen LogP contribution in [0.3, 0.4) is 0 Å². The summed E-state index contributed by atoms with van der Waals surface area (Å²) in [5.74, 6) is -1.88. The summed E-state index contributed by atoms with van der Waals surface area (Å²) in [6, 6.07) is 5.51. The zero-order valence-electron chi connectivity index (χ0n) is 10.2. The van der Waals surface area contributed by atoms with Gasteiger partial charge in [-0.25, -0.2) is 9.78 Å². The van der Waals surface area contributed by atoms with E-state index >= 15 is 0 Å². The lowest BCUT2D eigenvalue weighted by Gasteiger charge is -2.11. The molecule has 1 amide bonds. The number of rotatable bonds is 3. The molecule has 1 aromatic carbocycles. The Morgan fingerprint density at radius 1 is 1.10 bits per heavy atom. The molecule has 0 aliphatic carbocycles. The number of nitrogens with zero attached hydrogens (tertiary/aromatic N) is 1. The molecular weight excluding hydrogens is 339 g/mol. The first kappa shape index (κ1) is 15.6. The Bertz CT molecular complexity index is 735. The summed E-state index contributed by atoms with van der Waals surface area (Å²) in [6.07, 6.45) is 1.36. The van der Waals surface area contributed by atoms with Gasteiger partial charge in [-0.1, -0.05) is 34.8 Å². The molecule has 0 bridgehead atoms. The second kappa shape index (κ2) is 6.30. The van der Waals surface area contributed by atoms with Gasteiger partial charge in [0.05, 0.1) is 15.7 Å². The summed E-state index contributed by atoms with van der Waals surface area (Å²) >= 11 is 17.5. The van der Waals surface area contributed by atoms with Gasteiger partial charge < -0.3 is 10.4 Å². The molecule has 0 fully saturated rings. The second-order valence-corrected chi connectivity index (χ2v) is 5.11. The number of benzene rings is 1. The number of hydrogen-bond donors (Lipinski definition) is 2. The highest BCUT2D eigenvalue weighted by Gasteiger charge is 2.20. The van der Waals surface area contributed by atoms with E-state index in [4.69, 9.17) is 34.8 Å². The van der Waals surface area contributed by atoms with E-state index in [1.54, 1.807) is 0 Å². The number of aromatic nitrogens is 1. The van der Waals surface area contributed by atoms with Crippen LogP contribution in [0.4, 0.5) is 5.69 Å². The van der Waals surface area contributed by atoms with Crippen LogP contribution in [0.1, 0.15) is 20.7 Å². The number of nitrogens with one attached hydrogen (secondary N) is 1. The Morgan fingerprint density at radius 2 is 1.76 bits per heavy atom. The number of halogens is 3. The highest BCUT2D eigenvalue weighted by atomic mass is 35.5. The van der Waals surface area contributed by atoms with Crippen molar-refractivity contribution in [1.82, 2.24) is 4.98 Å². The normalized spacial score (nSPS) is 10.2. The first-order chi connectivity index (χ1) is 9.90. The van der Waals surface area contributed by atoms with Crippen molar-refractivity contribution in [2.45, 2.75) is 0 Å². The topological polar surface area (TPSA) is 79.3 Å². The molecule has 1 aromatic heterocycles.